The minimum Gasteiger partial charge on any atom is -0.478 e. The van der Waals surface area contributed by atoms with Crippen LogP contribution in [0.5, 0.6) is 0 Å². The molecule has 0 aliphatic carbocycles. The lowest BCUT2D eigenvalue weighted by molar-refractivity contribution is -0.131. The van der Waals surface area contributed by atoms with Crippen molar-refractivity contribution in [1.82, 2.24) is 0 Å². The Hall–Kier alpha value is -1.31. The van der Waals surface area contributed by atoms with E-state index in [1.807, 2.05) is 6.08 Å². The van der Waals surface area contributed by atoms with E-state index in [1.165, 1.54) is 70.3 Å². The zero-order valence-electron chi connectivity index (χ0n) is 14.3. The summed E-state index contributed by atoms with van der Waals surface area (Å²) in [4.78, 5) is 10.2. The highest BCUT2D eigenvalue weighted by Crippen LogP contribution is 2.10. The Balaban J connectivity index is 3.17. The predicted molar refractivity (Wildman–Crippen MR) is 96.1 cm³/mol. The summed E-state index contributed by atoms with van der Waals surface area (Å²) in [5.41, 5.74) is 0. The van der Waals surface area contributed by atoms with Crippen molar-refractivity contribution in [3.05, 3.63) is 36.5 Å². The maximum atomic E-state index is 10.2. The number of unbranched alkanes of at least 4 members (excludes halogenated alkanes) is 9. The van der Waals surface area contributed by atoms with Crippen LogP contribution in [0.4, 0.5) is 0 Å². The van der Waals surface area contributed by atoms with E-state index in [0.29, 0.717) is 0 Å². The fourth-order valence-corrected chi connectivity index (χ4v) is 2.27. The first-order valence-electron chi connectivity index (χ1n) is 8.96. The van der Waals surface area contributed by atoms with Gasteiger partial charge in [0, 0.05) is 6.08 Å². The van der Waals surface area contributed by atoms with Gasteiger partial charge in [0.05, 0.1) is 0 Å². The van der Waals surface area contributed by atoms with Gasteiger partial charge in [0.15, 0.2) is 0 Å². The van der Waals surface area contributed by atoms with Gasteiger partial charge in [0.25, 0.3) is 0 Å². The molecule has 0 aromatic carbocycles. The maximum absolute atomic E-state index is 10.2. The van der Waals surface area contributed by atoms with Gasteiger partial charge in [-0.25, -0.2) is 4.79 Å². The van der Waals surface area contributed by atoms with Crippen molar-refractivity contribution in [2.45, 2.75) is 84.0 Å². The summed E-state index contributed by atoms with van der Waals surface area (Å²) >= 11 is 0. The lowest BCUT2D eigenvalue weighted by atomic mass is 10.1. The van der Waals surface area contributed by atoms with Crippen molar-refractivity contribution in [2.24, 2.45) is 0 Å². The van der Waals surface area contributed by atoms with Gasteiger partial charge in [0.2, 0.25) is 0 Å². The molecular formula is C20H34O2. The minimum absolute atomic E-state index is 0.721. The van der Waals surface area contributed by atoms with Gasteiger partial charge in [-0.2, -0.15) is 0 Å². The first-order valence-corrected chi connectivity index (χ1v) is 8.96. The molecule has 1 N–H and O–H groups in total. The normalized spacial score (nSPS) is 12.0. The van der Waals surface area contributed by atoms with Gasteiger partial charge in [-0.1, -0.05) is 75.8 Å². The third-order valence-electron chi connectivity index (χ3n) is 3.56. The van der Waals surface area contributed by atoms with Crippen LogP contribution in [-0.4, -0.2) is 11.1 Å². The molecule has 0 saturated heterocycles. The van der Waals surface area contributed by atoms with Crippen molar-refractivity contribution >= 4 is 5.97 Å². The summed E-state index contributed by atoms with van der Waals surface area (Å²) < 4.78 is 0. The molecule has 0 heterocycles. The topological polar surface area (TPSA) is 37.3 Å². The molecule has 0 spiro atoms. The van der Waals surface area contributed by atoms with Crippen molar-refractivity contribution in [1.29, 1.82) is 0 Å². The number of allylic oxidation sites excluding steroid dienone is 5. The molecule has 0 amide bonds. The van der Waals surface area contributed by atoms with Crippen molar-refractivity contribution < 1.29 is 9.90 Å². The average Bonchev–Trinajstić information content (AvgIpc) is 2.50. The van der Waals surface area contributed by atoms with E-state index in [2.05, 4.69) is 25.2 Å². The summed E-state index contributed by atoms with van der Waals surface area (Å²) in [6.45, 7) is 2.22. The number of carboxylic acid groups (broad SMARTS) is 1. The fourth-order valence-electron chi connectivity index (χ4n) is 2.27. The highest BCUT2D eigenvalue weighted by Gasteiger charge is 1.91. The van der Waals surface area contributed by atoms with Crippen molar-refractivity contribution in [3.8, 4) is 0 Å². The first kappa shape index (κ1) is 20.7. The third kappa shape index (κ3) is 18.7. The molecule has 0 fully saturated rings. The van der Waals surface area contributed by atoms with Gasteiger partial charge in [-0.05, 0) is 38.5 Å². The predicted octanol–water partition coefficient (Wildman–Crippen LogP) is 6.44. The molecule has 0 aliphatic heterocycles. The quantitative estimate of drug-likeness (QED) is 0.215. The SMILES string of the molecule is CCCC=CCCCCCCCCCC=CCC=CC(=O)O. The minimum atomic E-state index is -0.870. The van der Waals surface area contributed by atoms with Crippen molar-refractivity contribution in [3.63, 3.8) is 0 Å². The van der Waals surface area contributed by atoms with E-state index in [0.717, 1.165) is 12.8 Å². The number of hydrogen-bond donors (Lipinski definition) is 1. The van der Waals surface area contributed by atoms with Crippen molar-refractivity contribution in [2.75, 3.05) is 0 Å². The smallest absolute Gasteiger partial charge is 0.327 e. The van der Waals surface area contributed by atoms with E-state index in [1.54, 1.807) is 6.08 Å². The van der Waals surface area contributed by atoms with E-state index in [9.17, 15) is 4.79 Å². The zero-order chi connectivity index (χ0) is 16.3. The number of aliphatic carboxylic acids is 1. The zero-order valence-corrected chi connectivity index (χ0v) is 14.3. The Bertz CT molecular complexity index is 327. The summed E-state index contributed by atoms with van der Waals surface area (Å²) in [5.74, 6) is -0.870. The van der Waals surface area contributed by atoms with E-state index >= 15 is 0 Å². The molecule has 126 valence electrons. The highest BCUT2D eigenvalue weighted by atomic mass is 16.4. The van der Waals surface area contributed by atoms with E-state index in [4.69, 9.17) is 5.11 Å². The maximum Gasteiger partial charge on any atom is 0.327 e. The molecule has 2 heteroatoms. The molecule has 0 unspecified atom stereocenters. The van der Waals surface area contributed by atoms with Gasteiger partial charge in [-0.3, -0.25) is 0 Å². The second kappa shape index (κ2) is 17.7. The number of hydrogen-bond acceptors (Lipinski definition) is 1. The van der Waals surface area contributed by atoms with E-state index < -0.39 is 5.97 Å². The fraction of sp³-hybridized carbons (Fsp3) is 0.650. The summed E-state index contributed by atoms with van der Waals surface area (Å²) in [6, 6.07) is 0. The number of carbonyl (C=O) groups is 1. The Morgan fingerprint density at radius 1 is 0.727 bits per heavy atom. The molecule has 0 aromatic rings. The third-order valence-corrected chi connectivity index (χ3v) is 3.56. The lowest BCUT2D eigenvalue weighted by Crippen LogP contribution is -1.84. The van der Waals surface area contributed by atoms with Gasteiger partial charge < -0.3 is 5.11 Å². The van der Waals surface area contributed by atoms with Gasteiger partial charge in [-0.15, -0.1) is 0 Å². The van der Waals surface area contributed by atoms with Crippen LogP contribution in [0, 0.1) is 0 Å². The molecule has 22 heavy (non-hydrogen) atoms. The van der Waals surface area contributed by atoms with Crippen LogP contribution < -0.4 is 0 Å². The second-order valence-electron chi connectivity index (χ2n) is 5.76. The van der Waals surface area contributed by atoms with E-state index in [-0.39, 0.29) is 0 Å². The molecule has 0 atom stereocenters. The number of rotatable bonds is 15. The monoisotopic (exact) mass is 306 g/mol. The average molecular weight is 306 g/mol. The lowest BCUT2D eigenvalue weighted by Gasteiger charge is -2.00. The first-order chi connectivity index (χ1) is 10.8. The molecule has 0 aliphatic rings. The Morgan fingerprint density at radius 2 is 1.23 bits per heavy atom. The van der Waals surface area contributed by atoms with Crippen LogP contribution in [0.1, 0.15) is 84.0 Å². The van der Waals surface area contributed by atoms with Crippen LogP contribution in [0.3, 0.4) is 0 Å². The molecular weight excluding hydrogens is 272 g/mol. The molecule has 0 rings (SSSR count). The Morgan fingerprint density at radius 3 is 1.77 bits per heavy atom. The molecule has 2 nitrogen and oxygen atoms in total. The second-order valence-corrected chi connectivity index (χ2v) is 5.76. The van der Waals surface area contributed by atoms with Crippen LogP contribution in [0.2, 0.25) is 0 Å². The summed E-state index contributed by atoms with van der Waals surface area (Å²) in [6.07, 6.45) is 26.6. The van der Waals surface area contributed by atoms with Crippen LogP contribution >= 0.6 is 0 Å². The summed E-state index contributed by atoms with van der Waals surface area (Å²) in [7, 11) is 0. The largest absolute Gasteiger partial charge is 0.478 e. The Labute approximate surface area is 137 Å². The Kier molecular flexibility index (Phi) is 16.7. The van der Waals surface area contributed by atoms with Gasteiger partial charge >= 0.3 is 5.97 Å². The number of carboxylic acids is 1. The molecule has 0 aromatic heterocycles. The van der Waals surface area contributed by atoms with Crippen LogP contribution in [-0.2, 0) is 4.79 Å². The van der Waals surface area contributed by atoms with Crippen LogP contribution in [0.15, 0.2) is 36.5 Å². The molecule has 0 saturated carbocycles. The van der Waals surface area contributed by atoms with Gasteiger partial charge in [0.1, 0.15) is 0 Å². The molecule has 0 radical (unpaired) electrons. The van der Waals surface area contributed by atoms with Crippen LogP contribution in [0.25, 0.3) is 0 Å². The standard InChI is InChI=1S/C20H34O2/c1-2-3-4-5-6-7-8-9-10-11-12-13-14-15-16-17-18-19-20(21)22/h4-5,15-16,18-19H,2-3,6-14,17H2,1H3,(H,21,22). The molecule has 0 bridgehead atoms. The highest BCUT2D eigenvalue weighted by molar-refractivity contribution is 5.79. The summed E-state index contributed by atoms with van der Waals surface area (Å²) in [5, 5.41) is 8.42.